The van der Waals surface area contributed by atoms with E-state index in [1.165, 1.54) is 11.3 Å². The van der Waals surface area contributed by atoms with Crippen molar-refractivity contribution in [3.63, 3.8) is 0 Å². The van der Waals surface area contributed by atoms with Gasteiger partial charge in [0.1, 0.15) is 11.4 Å². The second-order valence-corrected chi connectivity index (χ2v) is 12.3. The molecule has 5 aromatic rings. The molecule has 1 fully saturated rings. The van der Waals surface area contributed by atoms with Crippen LogP contribution in [0.2, 0.25) is 0 Å². The second-order valence-electron chi connectivity index (χ2n) is 12.3. The van der Waals surface area contributed by atoms with Gasteiger partial charge in [-0.2, -0.15) is 0 Å². The van der Waals surface area contributed by atoms with E-state index in [2.05, 4.69) is 116 Å². The number of aryl methyl sites for hydroxylation is 2. The first-order valence-electron chi connectivity index (χ1n) is 15.2. The summed E-state index contributed by atoms with van der Waals surface area (Å²) in [5.74, 6) is 0.811. The Hall–Kier alpha value is -4.38. The molecule has 2 atom stereocenters. The van der Waals surface area contributed by atoms with Crippen LogP contribution in [0.3, 0.4) is 0 Å². The smallest absolute Gasteiger partial charge is 0.178 e. The molecular weight excluding hydrogens is 530 g/mol. The molecule has 0 amide bonds. The van der Waals surface area contributed by atoms with Crippen molar-refractivity contribution in [3.05, 3.63) is 136 Å². The summed E-state index contributed by atoms with van der Waals surface area (Å²) in [6, 6.07) is 32.3. The summed E-state index contributed by atoms with van der Waals surface area (Å²) in [5.41, 5.74) is 8.63. The Morgan fingerprint density at radius 1 is 0.767 bits per heavy atom. The summed E-state index contributed by atoms with van der Waals surface area (Å²) in [6.07, 6.45) is 4.37. The number of morpholine rings is 1. The number of fused-ring (bicyclic) bond motifs is 8. The fourth-order valence-corrected chi connectivity index (χ4v) is 7.36. The normalized spacial score (nSPS) is 22.2. The summed E-state index contributed by atoms with van der Waals surface area (Å²) in [6.45, 7) is 9.42. The summed E-state index contributed by atoms with van der Waals surface area (Å²) in [5, 5.41) is 14.4. The Labute approximate surface area is 252 Å². The lowest BCUT2D eigenvalue weighted by Crippen LogP contribution is -2.37. The van der Waals surface area contributed by atoms with Gasteiger partial charge in [-0.15, -0.1) is 0 Å². The third-order valence-electron chi connectivity index (χ3n) is 9.53. The van der Waals surface area contributed by atoms with Crippen LogP contribution in [0.15, 0.2) is 97.1 Å². The molecular formula is C39H35NO3. The van der Waals surface area contributed by atoms with Gasteiger partial charge in [0.15, 0.2) is 5.60 Å². The van der Waals surface area contributed by atoms with Gasteiger partial charge in [0.25, 0.3) is 0 Å². The van der Waals surface area contributed by atoms with Gasteiger partial charge in [-0.25, -0.2) is 0 Å². The van der Waals surface area contributed by atoms with Crippen LogP contribution in [0.4, 0.5) is 5.69 Å². The van der Waals surface area contributed by atoms with Crippen molar-refractivity contribution in [2.75, 3.05) is 31.2 Å². The SMILES string of the molecule is Cc1ccc2c(c1)C(C)(O)c1c3c(c4cc(C)ccc4c1-2)OC(c1ccccc1)(c1ccc(N2CCOCC2)cc1)C=C3. The zero-order chi connectivity index (χ0) is 29.3. The number of rotatable bonds is 3. The second kappa shape index (κ2) is 9.57. The molecule has 4 heteroatoms. The maximum atomic E-state index is 12.2. The first kappa shape index (κ1) is 26.3. The van der Waals surface area contributed by atoms with E-state index >= 15 is 0 Å². The molecule has 1 saturated heterocycles. The molecule has 2 heterocycles. The lowest BCUT2D eigenvalue weighted by Gasteiger charge is -2.38. The fraction of sp³-hybridized carbons (Fsp3) is 0.231. The topological polar surface area (TPSA) is 41.9 Å². The van der Waals surface area contributed by atoms with Gasteiger partial charge in [0.05, 0.1) is 13.2 Å². The summed E-state index contributed by atoms with van der Waals surface area (Å²) < 4.78 is 12.9. The van der Waals surface area contributed by atoms with E-state index in [9.17, 15) is 5.11 Å². The van der Waals surface area contributed by atoms with Gasteiger partial charge in [0, 0.05) is 46.4 Å². The molecule has 0 bridgehead atoms. The minimum absolute atomic E-state index is 0.752. The molecule has 4 nitrogen and oxygen atoms in total. The molecule has 0 radical (unpaired) electrons. The predicted octanol–water partition coefficient (Wildman–Crippen LogP) is 7.88. The zero-order valence-electron chi connectivity index (χ0n) is 24.9. The Morgan fingerprint density at radius 2 is 1.47 bits per heavy atom. The van der Waals surface area contributed by atoms with E-state index < -0.39 is 11.2 Å². The number of hydrogen-bond acceptors (Lipinski definition) is 4. The highest BCUT2D eigenvalue weighted by Crippen LogP contribution is 2.57. The quantitative estimate of drug-likeness (QED) is 0.242. The van der Waals surface area contributed by atoms with Crippen LogP contribution in [0.1, 0.15) is 45.9 Å². The van der Waals surface area contributed by atoms with Crippen molar-refractivity contribution >= 4 is 22.5 Å². The van der Waals surface area contributed by atoms with Gasteiger partial charge in [-0.1, -0.05) is 90.0 Å². The van der Waals surface area contributed by atoms with Crippen LogP contribution in [0.25, 0.3) is 28.0 Å². The van der Waals surface area contributed by atoms with Crippen molar-refractivity contribution < 1.29 is 14.6 Å². The van der Waals surface area contributed by atoms with Crippen molar-refractivity contribution in [1.82, 2.24) is 0 Å². The van der Waals surface area contributed by atoms with Crippen LogP contribution < -0.4 is 9.64 Å². The number of benzene rings is 5. The Balaban J connectivity index is 1.36. The minimum atomic E-state index is -1.15. The summed E-state index contributed by atoms with van der Waals surface area (Å²) in [4.78, 5) is 2.37. The van der Waals surface area contributed by atoms with E-state index in [1.54, 1.807) is 0 Å². The largest absolute Gasteiger partial charge is 0.472 e. The van der Waals surface area contributed by atoms with Crippen molar-refractivity contribution in [2.45, 2.75) is 32.0 Å². The van der Waals surface area contributed by atoms with Gasteiger partial charge < -0.3 is 19.5 Å². The van der Waals surface area contributed by atoms with Crippen molar-refractivity contribution in [1.29, 1.82) is 0 Å². The van der Waals surface area contributed by atoms with E-state index in [0.717, 1.165) is 87.3 Å². The molecule has 43 heavy (non-hydrogen) atoms. The highest BCUT2D eigenvalue weighted by molar-refractivity contribution is 6.08. The number of aliphatic hydroxyl groups is 1. The number of anilines is 1. The monoisotopic (exact) mass is 565 g/mol. The van der Waals surface area contributed by atoms with Crippen LogP contribution in [-0.4, -0.2) is 31.4 Å². The Morgan fingerprint density at radius 3 is 2.23 bits per heavy atom. The minimum Gasteiger partial charge on any atom is -0.472 e. The molecule has 8 rings (SSSR count). The third kappa shape index (κ3) is 3.90. The van der Waals surface area contributed by atoms with Gasteiger partial charge in [-0.3, -0.25) is 0 Å². The van der Waals surface area contributed by atoms with E-state index in [4.69, 9.17) is 9.47 Å². The van der Waals surface area contributed by atoms with Gasteiger partial charge in [-0.05, 0) is 67.1 Å². The van der Waals surface area contributed by atoms with E-state index in [0.29, 0.717) is 0 Å². The highest BCUT2D eigenvalue weighted by atomic mass is 16.5. The van der Waals surface area contributed by atoms with E-state index in [-0.39, 0.29) is 0 Å². The predicted molar refractivity (Wildman–Crippen MR) is 174 cm³/mol. The number of hydrogen-bond donors (Lipinski definition) is 1. The molecule has 2 unspecified atom stereocenters. The van der Waals surface area contributed by atoms with Crippen LogP contribution in [0, 0.1) is 13.8 Å². The first-order chi connectivity index (χ1) is 20.9. The van der Waals surface area contributed by atoms with Crippen molar-refractivity contribution in [2.24, 2.45) is 0 Å². The average Bonchev–Trinajstić information content (AvgIpc) is 3.28. The first-order valence-corrected chi connectivity index (χ1v) is 15.2. The molecule has 0 spiro atoms. The molecule has 1 aliphatic carbocycles. The zero-order valence-corrected chi connectivity index (χ0v) is 24.9. The molecule has 214 valence electrons. The maximum absolute atomic E-state index is 12.2. The third-order valence-corrected chi connectivity index (χ3v) is 9.53. The number of ether oxygens (including phenoxy) is 2. The fourth-order valence-electron chi connectivity index (χ4n) is 7.36. The van der Waals surface area contributed by atoms with Gasteiger partial charge >= 0.3 is 0 Å². The summed E-state index contributed by atoms with van der Waals surface area (Å²) in [7, 11) is 0. The lowest BCUT2D eigenvalue weighted by atomic mass is 9.80. The molecule has 0 aromatic heterocycles. The lowest BCUT2D eigenvalue weighted by molar-refractivity contribution is 0.105. The average molecular weight is 566 g/mol. The number of nitrogens with zero attached hydrogens (tertiary/aromatic N) is 1. The molecule has 5 aromatic carbocycles. The molecule has 1 N–H and O–H groups in total. The van der Waals surface area contributed by atoms with E-state index in [1.807, 2.05) is 13.0 Å². The standard InChI is InChI=1S/C39H35NO3/c1-25-9-15-30-33(23-25)37-32(36-35(30)31-16-10-26(2)24-34(31)38(36,3)41)17-18-39(43-37,27-7-5-4-6-8-27)28-11-13-29(14-12-28)40-19-21-42-22-20-40/h4-18,23-24,41H,19-22H2,1-3H3. The van der Waals surface area contributed by atoms with Gasteiger partial charge in [0.2, 0.25) is 0 Å². The molecule has 0 saturated carbocycles. The Bertz CT molecular complexity index is 1920. The Kier molecular flexibility index (Phi) is 5.84. The molecule has 3 aliphatic rings. The van der Waals surface area contributed by atoms with Crippen LogP contribution in [-0.2, 0) is 15.9 Å². The highest BCUT2D eigenvalue weighted by Gasteiger charge is 2.45. The maximum Gasteiger partial charge on any atom is 0.178 e. The summed E-state index contributed by atoms with van der Waals surface area (Å²) >= 11 is 0. The molecule has 2 aliphatic heterocycles. The van der Waals surface area contributed by atoms with Crippen LogP contribution >= 0.6 is 0 Å². The van der Waals surface area contributed by atoms with Crippen molar-refractivity contribution in [3.8, 4) is 16.9 Å². The van der Waals surface area contributed by atoms with Crippen LogP contribution in [0.5, 0.6) is 5.75 Å².